The lowest BCUT2D eigenvalue weighted by molar-refractivity contribution is -0.137. The summed E-state index contributed by atoms with van der Waals surface area (Å²) in [6.07, 6.45) is -4.34. The van der Waals surface area contributed by atoms with E-state index < -0.39 is 17.8 Å². The maximum absolute atomic E-state index is 12.3. The molecule has 1 aromatic carbocycles. The number of hydrogen-bond acceptors (Lipinski definition) is 4. The molecule has 0 bridgehead atoms. The van der Waals surface area contributed by atoms with E-state index in [9.17, 15) is 13.2 Å². The number of rotatable bonds is 1. The first-order valence-electron chi connectivity index (χ1n) is 4.85. The van der Waals surface area contributed by atoms with Gasteiger partial charge in [0.25, 0.3) is 0 Å². The van der Waals surface area contributed by atoms with E-state index in [-0.39, 0.29) is 6.04 Å². The first-order chi connectivity index (χ1) is 8.02. The van der Waals surface area contributed by atoms with Gasteiger partial charge in [-0.05, 0) is 17.7 Å². The van der Waals surface area contributed by atoms with E-state index >= 15 is 0 Å². The van der Waals surface area contributed by atoms with Crippen LogP contribution in [-0.2, 0) is 6.18 Å². The minimum atomic E-state index is -4.34. The highest BCUT2D eigenvalue weighted by molar-refractivity contribution is 5.29. The molecule has 4 nitrogen and oxygen atoms in total. The zero-order valence-corrected chi connectivity index (χ0v) is 8.55. The second-order valence-corrected chi connectivity index (χ2v) is 3.62. The Morgan fingerprint density at radius 2 is 1.76 bits per heavy atom. The van der Waals surface area contributed by atoms with Gasteiger partial charge in [0, 0.05) is 0 Å². The molecule has 1 aromatic rings. The number of nitrogens with one attached hydrogen (secondary N) is 3. The molecule has 1 aliphatic rings. The Morgan fingerprint density at radius 1 is 1.12 bits per heavy atom. The highest BCUT2D eigenvalue weighted by atomic mass is 19.4. The Morgan fingerprint density at radius 3 is 2.29 bits per heavy atom. The predicted octanol–water partition coefficient (Wildman–Crippen LogP) is 1.25. The monoisotopic (exact) mass is 242 g/mol. The van der Waals surface area contributed by atoms with Crippen molar-refractivity contribution in [3.8, 4) is 6.07 Å². The van der Waals surface area contributed by atoms with Crippen molar-refractivity contribution < 1.29 is 13.2 Å². The molecule has 1 fully saturated rings. The van der Waals surface area contributed by atoms with Crippen molar-refractivity contribution in [3.63, 3.8) is 0 Å². The smallest absolute Gasteiger partial charge is 0.234 e. The SMILES string of the molecule is N#CC1NNNC1c1ccc(C(F)(F)F)cc1. The molecule has 2 atom stereocenters. The van der Waals surface area contributed by atoms with Gasteiger partial charge in [0.1, 0.15) is 6.04 Å². The van der Waals surface area contributed by atoms with E-state index in [0.29, 0.717) is 5.56 Å². The highest BCUT2D eigenvalue weighted by Crippen LogP contribution is 2.30. The fourth-order valence-corrected chi connectivity index (χ4v) is 1.63. The lowest BCUT2D eigenvalue weighted by Gasteiger charge is -2.13. The molecule has 0 aromatic heterocycles. The fraction of sp³-hybridized carbons (Fsp3) is 0.300. The van der Waals surface area contributed by atoms with Gasteiger partial charge in [-0.2, -0.15) is 24.0 Å². The van der Waals surface area contributed by atoms with Crippen molar-refractivity contribution in [1.82, 2.24) is 16.4 Å². The van der Waals surface area contributed by atoms with Gasteiger partial charge in [-0.15, -0.1) is 0 Å². The summed E-state index contributed by atoms with van der Waals surface area (Å²) < 4.78 is 37.0. The van der Waals surface area contributed by atoms with Crippen molar-refractivity contribution in [1.29, 1.82) is 5.26 Å². The number of hydrogen-bond donors (Lipinski definition) is 3. The third-order valence-electron chi connectivity index (χ3n) is 2.52. The topological polar surface area (TPSA) is 59.9 Å². The number of benzene rings is 1. The van der Waals surface area contributed by atoms with Crippen LogP contribution in [0.4, 0.5) is 13.2 Å². The Bertz CT molecular complexity index is 434. The second-order valence-electron chi connectivity index (χ2n) is 3.62. The van der Waals surface area contributed by atoms with Crippen LogP contribution >= 0.6 is 0 Å². The van der Waals surface area contributed by atoms with Gasteiger partial charge in [-0.25, -0.2) is 10.9 Å². The van der Waals surface area contributed by atoms with Gasteiger partial charge in [0.15, 0.2) is 0 Å². The number of halogens is 3. The molecule has 90 valence electrons. The first-order valence-corrected chi connectivity index (χ1v) is 4.85. The molecule has 0 aliphatic carbocycles. The highest BCUT2D eigenvalue weighted by Gasteiger charge is 2.32. The van der Waals surface area contributed by atoms with E-state index in [0.717, 1.165) is 12.1 Å². The molecular formula is C10H9F3N4. The van der Waals surface area contributed by atoms with Crippen LogP contribution in [0.2, 0.25) is 0 Å². The number of nitriles is 1. The van der Waals surface area contributed by atoms with Gasteiger partial charge in [0.2, 0.25) is 0 Å². The molecule has 17 heavy (non-hydrogen) atoms. The zero-order chi connectivity index (χ0) is 12.5. The van der Waals surface area contributed by atoms with E-state index in [1.54, 1.807) is 0 Å². The van der Waals surface area contributed by atoms with E-state index in [2.05, 4.69) is 16.4 Å². The van der Waals surface area contributed by atoms with E-state index in [1.165, 1.54) is 12.1 Å². The van der Waals surface area contributed by atoms with Crippen molar-refractivity contribution in [2.75, 3.05) is 0 Å². The molecule has 1 aliphatic heterocycles. The Kier molecular flexibility index (Phi) is 3.02. The zero-order valence-electron chi connectivity index (χ0n) is 8.55. The van der Waals surface area contributed by atoms with Gasteiger partial charge >= 0.3 is 6.18 Å². The third-order valence-corrected chi connectivity index (χ3v) is 2.52. The molecule has 0 radical (unpaired) electrons. The summed E-state index contributed by atoms with van der Waals surface area (Å²) in [7, 11) is 0. The molecule has 0 saturated carbocycles. The van der Waals surface area contributed by atoms with Gasteiger partial charge < -0.3 is 0 Å². The molecular weight excluding hydrogens is 233 g/mol. The molecule has 3 N–H and O–H groups in total. The van der Waals surface area contributed by atoms with E-state index in [4.69, 9.17) is 5.26 Å². The van der Waals surface area contributed by atoms with Gasteiger partial charge in [-0.3, -0.25) is 0 Å². The Balaban J connectivity index is 2.21. The summed E-state index contributed by atoms with van der Waals surface area (Å²) in [4.78, 5) is 0. The van der Waals surface area contributed by atoms with Crippen LogP contribution in [0.15, 0.2) is 24.3 Å². The van der Waals surface area contributed by atoms with Crippen LogP contribution in [0.1, 0.15) is 17.2 Å². The number of hydrazine groups is 2. The van der Waals surface area contributed by atoms with Crippen LogP contribution in [0.3, 0.4) is 0 Å². The maximum Gasteiger partial charge on any atom is 0.416 e. The number of nitrogens with zero attached hydrogens (tertiary/aromatic N) is 1. The summed E-state index contributed by atoms with van der Waals surface area (Å²) >= 11 is 0. The molecule has 0 spiro atoms. The maximum atomic E-state index is 12.3. The number of alkyl halides is 3. The van der Waals surface area contributed by atoms with Crippen LogP contribution in [0, 0.1) is 11.3 Å². The Hall–Kier alpha value is -1.62. The molecule has 1 saturated heterocycles. The van der Waals surface area contributed by atoms with E-state index in [1.807, 2.05) is 6.07 Å². The fourth-order valence-electron chi connectivity index (χ4n) is 1.63. The minimum Gasteiger partial charge on any atom is -0.234 e. The Labute approximate surface area is 95.4 Å². The molecule has 7 heteroatoms. The van der Waals surface area contributed by atoms with Crippen molar-refractivity contribution in [3.05, 3.63) is 35.4 Å². The lowest BCUT2D eigenvalue weighted by atomic mass is 10.0. The quantitative estimate of drug-likeness (QED) is 0.693. The third kappa shape index (κ3) is 2.39. The minimum absolute atomic E-state index is 0.373. The van der Waals surface area contributed by atoms with Crippen molar-refractivity contribution in [2.45, 2.75) is 18.3 Å². The van der Waals surface area contributed by atoms with Gasteiger partial charge in [0.05, 0.1) is 17.7 Å². The summed E-state index contributed by atoms with van der Waals surface area (Å²) in [5.41, 5.74) is 7.91. The predicted molar refractivity (Wildman–Crippen MR) is 53.0 cm³/mol. The van der Waals surface area contributed by atoms with Crippen LogP contribution < -0.4 is 16.4 Å². The van der Waals surface area contributed by atoms with Crippen molar-refractivity contribution in [2.24, 2.45) is 0 Å². The summed E-state index contributed by atoms with van der Waals surface area (Å²) in [6.45, 7) is 0. The van der Waals surface area contributed by atoms with Crippen LogP contribution in [0.25, 0.3) is 0 Å². The van der Waals surface area contributed by atoms with Crippen LogP contribution in [-0.4, -0.2) is 6.04 Å². The van der Waals surface area contributed by atoms with Crippen molar-refractivity contribution >= 4 is 0 Å². The average Bonchev–Trinajstić information content (AvgIpc) is 2.76. The first kappa shape index (κ1) is 11.9. The molecule has 2 rings (SSSR count). The standard InChI is InChI=1S/C10H9F3N4/c11-10(12,13)7-3-1-6(2-4-7)9-8(5-14)15-17-16-9/h1-4,8-9,15-17H. The second kappa shape index (κ2) is 4.33. The lowest BCUT2D eigenvalue weighted by Crippen LogP contribution is -2.32. The molecule has 2 unspecified atom stereocenters. The summed E-state index contributed by atoms with van der Waals surface area (Å²) in [5.74, 6) is 0. The largest absolute Gasteiger partial charge is 0.416 e. The average molecular weight is 242 g/mol. The normalized spacial score (nSPS) is 24.6. The molecule has 0 amide bonds. The van der Waals surface area contributed by atoms with Gasteiger partial charge in [-0.1, -0.05) is 12.1 Å². The summed E-state index contributed by atoms with van der Waals surface area (Å²) in [5, 5.41) is 8.81. The van der Waals surface area contributed by atoms with Crippen LogP contribution in [0.5, 0.6) is 0 Å². The summed E-state index contributed by atoms with van der Waals surface area (Å²) in [6, 6.07) is 5.83. The molecule has 1 heterocycles.